The van der Waals surface area contributed by atoms with Crippen LogP contribution < -0.4 is 56.5 Å². The van der Waals surface area contributed by atoms with Crippen molar-refractivity contribution < 1.29 is 66.1 Å². The monoisotopic (exact) mass is 406 g/mol. The number of carboxylic acid groups (broad SMARTS) is 1. The summed E-state index contributed by atoms with van der Waals surface area (Å²) in [7, 11) is 1.80. The molecule has 9 heteroatoms. The van der Waals surface area contributed by atoms with Gasteiger partial charge in [-0.25, -0.2) is 0 Å². The number of carboxylic acids is 1. The van der Waals surface area contributed by atoms with Crippen LogP contribution in [0.25, 0.3) is 0 Å². The first-order chi connectivity index (χ1) is 10.9. The molecule has 2 rings (SSSR count). The van der Waals surface area contributed by atoms with E-state index in [1.165, 1.54) is 11.8 Å². The van der Waals surface area contributed by atoms with Crippen molar-refractivity contribution in [2.75, 3.05) is 13.6 Å². The predicted octanol–water partition coefficient (Wildman–Crippen LogP) is -1.19. The molecule has 0 N–H and O–H groups in total. The summed E-state index contributed by atoms with van der Waals surface area (Å²) in [4.78, 5) is 27.2. The molecule has 0 aliphatic carbocycles. The Hall–Kier alpha value is 0.126. The van der Waals surface area contributed by atoms with Gasteiger partial charge in [0.1, 0.15) is 4.32 Å². The van der Waals surface area contributed by atoms with E-state index in [1.54, 1.807) is 48.1 Å². The largest absolute Gasteiger partial charge is 1.00 e. The van der Waals surface area contributed by atoms with Crippen LogP contribution in [0.15, 0.2) is 44.8 Å². The summed E-state index contributed by atoms with van der Waals surface area (Å²) < 4.78 is 0.569. The van der Waals surface area contributed by atoms with Crippen LogP contribution in [0.3, 0.4) is 0 Å². The van der Waals surface area contributed by atoms with Crippen LogP contribution in [0.1, 0.15) is 13.8 Å². The number of thioether (sulfide) groups is 2. The first-order valence-electron chi connectivity index (χ1n) is 6.83. The van der Waals surface area contributed by atoms with E-state index >= 15 is 0 Å². The van der Waals surface area contributed by atoms with Crippen LogP contribution in [0.4, 0.5) is 0 Å². The molecule has 1 amide bonds. The Balaban J connectivity index is 0.00000288. The van der Waals surface area contributed by atoms with Crippen molar-refractivity contribution in [1.82, 2.24) is 9.80 Å². The van der Waals surface area contributed by atoms with Crippen molar-refractivity contribution >= 4 is 51.9 Å². The van der Waals surface area contributed by atoms with Crippen molar-refractivity contribution in [1.29, 1.82) is 0 Å². The Morgan fingerprint density at radius 3 is 2.42 bits per heavy atom. The number of aliphatic carboxylic acids is 1. The van der Waals surface area contributed by atoms with E-state index in [1.807, 2.05) is 6.92 Å². The van der Waals surface area contributed by atoms with Gasteiger partial charge in [-0.2, -0.15) is 0 Å². The van der Waals surface area contributed by atoms with Crippen LogP contribution in [0.5, 0.6) is 0 Å². The van der Waals surface area contributed by atoms with Crippen LogP contribution in [-0.4, -0.2) is 39.6 Å². The average molecular weight is 407 g/mol. The number of carbonyl (C=O) groups is 2. The number of thiocarbonyl (C=S) groups is 1. The van der Waals surface area contributed by atoms with Gasteiger partial charge in [0.15, 0.2) is 0 Å². The van der Waals surface area contributed by atoms with Crippen LogP contribution in [0.2, 0.25) is 0 Å². The predicted molar refractivity (Wildman–Crippen MR) is 95.9 cm³/mol. The number of allylic oxidation sites excluding steroid dienone is 5. The van der Waals surface area contributed by atoms with E-state index in [2.05, 4.69) is 0 Å². The van der Waals surface area contributed by atoms with Gasteiger partial charge in [0, 0.05) is 19.3 Å². The maximum atomic E-state index is 12.0. The summed E-state index contributed by atoms with van der Waals surface area (Å²) in [5.41, 5.74) is 0.651. The average Bonchev–Trinajstić information content (AvgIpc) is 2.94. The zero-order valence-electron chi connectivity index (χ0n) is 13.9. The van der Waals surface area contributed by atoms with Crippen molar-refractivity contribution in [3.8, 4) is 0 Å². The van der Waals surface area contributed by atoms with Gasteiger partial charge < -0.3 is 14.8 Å². The fourth-order valence-corrected chi connectivity index (χ4v) is 4.30. The summed E-state index contributed by atoms with van der Waals surface area (Å²) in [6.45, 7) is 4.18. The maximum Gasteiger partial charge on any atom is 1.00 e. The number of hydrogen-bond acceptors (Lipinski definition) is 7. The summed E-state index contributed by atoms with van der Waals surface area (Å²) in [5, 5.41) is 11.8. The minimum atomic E-state index is -1.17. The van der Waals surface area contributed by atoms with Gasteiger partial charge in [0.25, 0.3) is 5.91 Å². The van der Waals surface area contributed by atoms with Crippen molar-refractivity contribution in [3.05, 3.63) is 44.8 Å². The second-order valence-electron chi connectivity index (χ2n) is 4.70. The van der Waals surface area contributed by atoms with E-state index in [9.17, 15) is 14.7 Å². The van der Waals surface area contributed by atoms with Crippen LogP contribution in [0, 0.1) is 0 Å². The second kappa shape index (κ2) is 9.72. The molecule has 0 aromatic heterocycles. The minimum Gasteiger partial charge on any atom is -0.544 e. The molecule has 2 aliphatic rings. The zero-order chi connectivity index (χ0) is 17.1. The Bertz CT molecular complexity index is 698. The molecule has 1 saturated heterocycles. The normalized spacial score (nSPS) is 21.6. The number of nitrogens with zero attached hydrogens (tertiary/aromatic N) is 2. The fourth-order valence-electron chi connectivity index (χ4n) is 1.97. The standard InChI is InChI=1S/C15H16N2O3S3.K/c1-4-17-13(18)10(22-15(17)21)7-5-6-8-11-16(3)9(2)12(23-11)14(19)20;/h5-8H,4H2,1-3H3,(H,19,20);/q;+1/p-1/b6-5+,10-7-,11-8+;. The molecule has 0 aromatic carbocycles. The van der Waals surface area contributed by atoms with E-state index in [4.69, 9.17) is 12.2 Å². The summed E-state index contributed by atoms with van der Waals surface area (Å²) in [5.74, 6) is -1.25. The third-order valence-corrected chi connectivity index (χ3v) is 6.02. The van der Waals surface area contributed by atoms with Crippen LogP contribution >= 0.6 is 35.7 Å². The third kappa shape index (κ3) is 4.85. The summed E-state index contributed by atoms with van der Waals surface area (Å²) in [6, 6.07) is 0. The Morgan fingerprint density at radius 2 is 1.92 bits per heavy atom. The van der Waals surface area contributed by atoms with E-state index in [0.717, 1.165) is 16.8 Å². The van der Waals surface area contributed by atoms with E-state index in [0.29, 0.717) is 21.5 Å². The molecule has 0 bridgehead atoms. The molecule has 0 unspecified atom stereocenters. The number of carbonyl (C=O) groups excluding carboxylic acids is 2. The Labute approximate surface area is 197 Å². The molecule has 0 aromatic rings. The Morgan fingerprint density at radius 1 is 1.29 bits per heavy atom. The summed E-state index contributed by atoms with van der Waals surface area (Å²) >= 11 is 7.58. The molecule has 0 radical (unpaired) electrons. The summed E-state index contributed by atoms with van der Waals surface area (Å²) in [6.07, 6.45) is 7.02. The van der Waals surface area contributed by atoms with Gasteiger partial charge in [0.2, 0.25) is 0 Å². The van der Waals surface area contributed by atoms with Crippen molar-refractivity contribution in [2.45, 2.75) is 13.8 Å². The quantitative estimate of drug-likeness (QED) is 0.331. The molecule has 1 fully saturated rings. The number of rotatable bonds is 4. The molecule has 5 nitrogen and oxygen atoms in total. The minimum absolute atomic E-state index is 0. The second-order valence-corrected chi connectivity index (χ2v) is 7.41. The molecule has 24 heavy (non-hydrogen) atoms. The van der Waals surface area contributed by atoms with Crippen LogP contribution in [-0.2, 0) is 9.59 Å². The smallest absolute Gasteiger partial charge is 0.544 e. The number of likely N-dealkylation sites (N-methyl/N-ethyl adjacent to an activating group) is 1. The van der Waals surface area contributed by atoms with Gasteiger partial charge in [0.05, 0.1) is 20.8 Å². The Kier molecular flexibility index (Phi) is 8.98. The first kappa shape index (κ1) is 22.2. The number of hydrogen-bond donors (Lipinski definition) is 0. The zero-order valence-corrected chi connectivity index (χ0v) is 19.4. The van der Waals surface area contributed by atoms with Gasteiger partial charge in [-0.1, -0.05) is 47.9 Å². The molecule has 2 heterocycles. The van der Waals surface area contributed by atoms with Gasteiger partial charge in [-0.15, -0.1) is 0 Å². The molecule has 0 atom stereocenters. The maximum absolute atomic E-state index is 12.0. The SMILES string of the molecule is CCN1C(=O)/C(=C/C=C/C=C2/SC(C(=O)[O-])=C(C)N2C)SC1=S.[K+]. The van der Waals surface area contributed by atoms with Gasteiger partial charge in [-0.3, -0.25) is 9.69 Å². The van der Waals surface area contributed by atoms with E-state index in [-0.39, 0.29) is 62.2 Å². The molecular weight excluding hydrogens is 391 g/mol. The van der Waals surface area contributed by atoms with Gasteiger partial charge in [-0.05, 0) is 26.0 Å². The molecule has 0 spiro atoms. The topological polar surface area (TPSA) is 63.7 Å². The molecule has 2 aliphatic heterocycles. The fraction of sp³-hybridized carbons (Fsp3) is 0.267. The van der Waals surface area contributed by atoms with Gasteiger partial charge >= 0.3 is 51.4 Å². The first-order valence-corrected chi connectivity index (χ1v) is 8.87. The third-order valence-electron chi connectivity index (χ3n) is 3.34. The number of amides is 1. The van der Waals surface area contributed by atoms with Crippen molar-refractivity contribution in [2.24, 2.45) is 0 Å². The van der Waals surface area contributed by atoms with E-state index < -0.39 is 5.97 Å². The molecule has 122 valence electrons. The van der Waals surface area contributed by atoms with Crippen molar-refractivity contribution in [3.63, 3.8) is 0 Å². The molecule has 0 saturated carbocycles. The molecular formula is C15H15KN2O3S3.